The van der Waals surface area contributed by atoms with Crippen molar-refractivity contribution < 1.29 is 0 Å². The van der Waals surface area contributed by atoms with Crippen molar-refractivity contribution in [2.24, 2.45) is 5.73 Å². The molecule has 2 aromatic rings. The first-order chi connectivity index (χ1) is 6.81. The highest BCUT2D eigenvalue weighted by Gasteiger charge is 2.04. The van der Waals surface area contributed by atoms with E-state index in [1.165, 1.54) is 16.0 Å². The Kier molecular flexibility index (Phi) is 3.01. The Morgan fingerprint density at radius 1 is 1.29 bits per heavy atom. The van der Waals surface area contributed by atoms with Crippen LogP contribution in [-0.4, -0.2) is 0 Å². The normalized spacial score (nSPS) is 10.4. The molecular formula is C11H10BrNS. The van der Waals surface area contributed by atoms with Gasteiger partial charge in [0.15, 0.2) is 0 Å². The molecule has 0 aliphatic rings. The summed E-state index contributed by atoms with van der Waals surface area (Å²) < 4.78 is 1.10. The third-order valence-corrected chi connectivity index (χ3v) is 3.50. The van der Waals surface area contributed by atoms with Crippen LogP contribution < -0.4 is 5.73 Å². The predicted octanol–water partition coefficient (Wildman–Crippen LogP) is 3.64. The molecule has 0 unspecified atom stereocenters. The molecule has 0 saturated heterocycles. The van der Waals surface area contributed by atoms with Crippen LogP contribution in [0, 0.1) is 0 Å². The van der Waals surface area contributed by atoms with E-state index in [9.17, 15) is 0 Å². The first-order valence-corrected chi connectivity index (χ1v) is 6.01. The van der Waals surface area contributed by atoms with Gasteiger partial charge >= 0.3 is 0 Å². The van der Waals surface area contributed by atoms with Gasteiger partial charge in [0.1, 0.15) is 0 Å². The van der Waals surface area contributed by atoms with E-state index < -0.39 is 0 Å². The highest BCUT2D eigenvalue weighted by molar-refractivity contribution is 9.10. The molecule has 1 nitrogen and oxygen atoms in total. The summed E-state index contributed by atoms with van der Waals surface area (Å²) in [4.78, 5) is 1.24. The van der Waals surface area contributed by atoms with Gasteiger partial charge in [-0.05, 0) is 34.7 Å². The molecule has 0 aliphatic carbocycles. The predicted molar refractivity (Wildman–Crippen MR) is 65.3 cm³/mol. The third-order valence-electron chi connectivity index (χ3n) is 2.07. The Morgan fingerprint density at radius 2 is 2.14 bits per heavy atom. The molecule has 1 aromatic carbocycles. The molecule has 0 aliphatic heterocycles. The van der Waals surface area contributed by atoms with Crippen LogP contribution in [0.25, 0.3) is 11.1 Å². The lowest BCUT2D eigenvalue weighted by molar-refractivity contribution is 1.11. The maximum Gasteiger partial charge on any atom is 0.0280 e. The monoisotopic (exact) mass is 267 g/mol. The van der Waals surface area contributed by atoms with Crippen molar-refractivity contribution >= 4 is 27.3 Å². The Hall–Kier alpha value is -0.640. The first-order valence-electron chi connectivity index (χ1n) is 4.33. The van der Waals surface area contributed by atoms with E-state index in [1.807, 2.05) is 12.1 Å². The molecule has 3 heteroatoms. The molecule has 2 rings (SSSR count). The minimum Gasteiger partial charge on any atom is -0.326 e. The highest BCUT2D eigenvalue weighted by atomic mass is 79.9. The third kappa shape index (κ3) is 1.90. The first kappa shape index (κ1) is 9.90. The molecule has 0 saturated carbocycles. The summed E-state index contributed by atoms with van der Waals surface area (Å²) in [5.74, 6) is 0. The van der Waals surface area contributed by atoms with Gasteiger partial charge in [0, 0.05) is 15.9 Å². The zero-order chi connectivity index (χ0) is 9.97. The SMILES string of the molecule is NCc1sccc1-c1cccc(Br)c1. The van der Waals surface area contributed by atoms with Crippen LogP contribution in [-0.2, 0) is 6.54 Å². The second-order valence-electron chi connectivity index (χ2n) is 2.97. The van der Waals surface area contributed by atoms with Gasteiger partial charge in [-0.25, -0.2) is 0 Å². The number of hydrogen-bond donors (Lipinski definition) is 1. The largest absolute Gasteiger partial charge is 0.326 e. The van der Waals surface area contributed by atoms with Crippen LogP contribution in [0.4, 0.5) is 0 Å². The summed E-state index contributed by atoms with van der Waals surface area (Å²) in [6, 6.07) is 10.4. The van der Waals surface area contributed by atoms with Crippen molar-refractivity contribution in [3.63, 3.8) is 0 Å². The van der Waals surface area contributed by atoms with E-state index >= 15 is 0 Å². The Labute approximate surface area is 95.7 Å². The number of rotatable bonds is 2. The van der Waals surface area contributed by atoms with Crippen LogP contribution in [0.1, 0.15) is 4.88 Å². The molecule has 1 aromatic heterocycles. The maximum atomic E-state index is 5.67. The molecule has 0 fully saturated rings. The average Bonchev–Trinajstić information content (AvgIpc) is 2.65. The number of nitrogens with two attached hydrogens (primary N) is 1. The number of benzene rings is 1. The number of thiophene rings is 1. The second-order valence-corrected chi connectivity index (χ2v) is 4.89. The molecule has 72 valence electrons. The van der Waals surface area contributed by atoms with Crippen LogP contribution in [0.3, 0.4) is 0 Å². The van der Waals surface area contributed by atoms with E-state index in [0.717, 1.165) is 4.47 Å². The molecule has 0 bridgehead atoms. The minimum atomic E-state index is 0.611. The Bertz CT molecular complexity index is 436. The van der Waals surface area contributed by atoms with Crippen molar-refractivity contribution in [2.75, 3.05) is 0 Å². The van der Waals surface area contributed by atoms with Gasteiger partial charge < -0.3 is 5.73 Å². The van der Waals surface area contributed by atoms with Crippen LogP contribution in [0.2, 0.25) is 0 Å². The molecule has 0 radical (unpaired) electrons. The van der Waals surface area contributed by atoms with Gasteiger partial charge in [-0.15, -0.1) is 11.3 Å². The number of hydrogen-bond acceptors (Lipinski definition) is 2. The van der Waals surface area contributed by atoms with Gasteiger partial charge in [0.25, 0.3) is 0 Å². The summed E-state index contributed by atoms with van der Waals surface area (Å²) in [7, 11) is 0. The lowest BCUT2D eigenvalue weighted by atomic mass is 10.1. The zero-order valence-corrected chi connectivity index (χ0v) is 9.94. The maximum absolute atomic E-state index is 5.67. The van der Waals surface area contributed by atoms with Gasteiger partial charge in [0.2, 0.25) is 0 Å². The van der Waals surface area contributed by atoms with E-state index in [0.29, 0.717) is 6.54 Å². The van der Waals surface area contributed by atoms with Crippen LogP contribution in [0.5, 0.6) is 0 Å². The zero-order valence-electron chi connectivity index (χ0n) is 7.53. The lowest BCUT2D eigenvalue weighted by Gasteiger charge is -2.02. The molecule has 14 heavy (non-hydrogen) atoms. The lowest BCUT2D eigenvalue weighted by Crippen LogP contribution is -1.94. The molecule has 0 spiro atoms. The number of halogens is 1. The summed E-state index contributed by atoms with van der Waals surface area (Å²) in [6.07, 6.45) is 0. The highest BCUT2D eigenvalue weighted by Crippen LogP contribution is 2.29. The quantitative estimate of drug-likeness (QED) is 0.884. The van der Waals surface area contributed by atoms with E-state index in [-0.39, 0.29) is 0 Å². The van der Waals surface area contributed by atoms with E-state index in [2.05, 4.69) is 39.5 Å². The average molecular weight is 268 g/mol. The van der Waals surface area contributed by atoms with Crippen molar-refractivity contribution in [1.29, 1.82) is 0 Å². The van der Waals surface area contributed by atoms with Gasteiger partial charge in [0.05, 0.1) is 0 Å². The molecule has 1 heterocycles. The van der Waals surface area contributed by atoms with E-state index in [1.54, 1.807) is 11.3 Å². The summed E-state index contributed by atoms with van der Waals surface area (Å²) in [6.45, 7) is 0.611. The molecule has 0 amide bonds. The van der Waals surface area contributed by atoms with Gasteiger partial charge in [-0.1, -0.05) is 28.1 Å². The molecule has 0 atom stereocenters. The Morgan fingerprint density at radius 3 is 2.86 bits per heavy atom. The fraction of sp³-hybridized carbons (Fsp3) is 0.0909. The van der Waals surface area contributed by atoms with Crippen molar-refractivity contribution in [1.82, 2.24) is 0 Å². The van der Waals surface area contributed by atoms with Gasteiger partial charge in [-0.2, -0.15) is 0 Å². The smallest absolute Gasteiger partial charge is 0.0280 e. The molecular weight excluding hydrogens is 258 g/mol. The Balaban J connectivity index is 2.49. The standard InChI is InChI=1S/C11H10BrNS/c12-9-3-1-2-8(6-9)10-4-5-14-11(10)7-13/h1-6H,7,13H2. The van der Waals surface area contributed by atoms with E-state index in [4.69, 9.17) is 5.73 Å². The topological polar surface area (TPSA) is 26.0 Å². The van der Waals surface area contributed by atoms with Crippen molar-refractivity contribution in [3.05, 3.63) is 45.1 Å². The van der Waals surface area contributed by atoms with Crippen LogP contribution >= 0.6 is 27.3 Å². The van der Waals surface area contributed by atoms with Crippen LogP contribution in [0.15, 0.2) is 40.2 Å². The summed E-state index contributed by atoms with van der Waals surface area (Å²) in [5.41, 5.74) is 8.14. The fourth-order valence-electron chi connectivity index (χ4n) is 1.41. The second kappa shape index (κ2) is 4.26. The van der Waals surface area contributed by atoms with Crippen molar-refractivity contribution in [3.8, 4) is 11.1 Å². The minimum absolute atomic E-state index is 0.611. The van der Waals surface area contributed by atoms with Crippen molar-refractivity contribution in [2.45, 2.75) is 6.54 Å². The fourth-order valence-corrected chi connectivity index (χ4v) is 2.59. The molecule has 2 N–H and O–H groups in total. The summed E-state index contributed by atoms with van der Waals surface area (Å²) in [5, 5.41) is 2.08. The van der Waals surface area contributed by atoms with Gasteiger partial charge in [-0.3, -0.25) is 0 Å². The summed E-state index contributed by atoms with van der Waals surface area (Å²) >= 11 is 5.18.